The fraction of sp³-hybridized carbons (Fsp3) is 0.364. The Morgan fingerprint density at radius 3 is 2.79 bits per heavy atom. The van der Waals surface area contributed by atoms with Crippen LogP contribution < -0.4 is 9.64 Å². The van der Waals surface area contributed by atoms with E-state index in [1.54, 1.807) is 21.9 Å². The molecule has 7 heteroatoms. The fourth-order valence-corrected chi connectivity index (χ4v) is 3.84. The van der Waals surface area contributed by atoms with Gasteiger partial charge in [-0.3, -0.25) is 9.59 Å². The smallest absolute Gasteiger partial charge is 0.228 e. The van der Waals surface area contributed by atoms with Gasteiger partial charge in [0.05, 0.1) is 24.1 Å². The van der Waals surface area contributed by atoms with Crippen LogP contribution in [-0.2, 0) is 9.59 Å². The van der Waals surface area contributed by atoms with Gasteiger partial charge in [0.15, 0.2) is 0 Å². The minimum absolute atomic E-state index is 0.00204. The van der Waals surface area contributed by atoms with E-state index in [4.69, 9.17) is 10.00 Å². The highest BCUT2D eigenvalue weighted by atomic mass is 16.5. The number of hydrogen-bond acceptors (Lipinski definition) is 5. The summed E-state index contributed by atoms with van der Waals surface area (Å²) < 4.78 is 5.85. The Morgan fingerprint density at radius 2 is 2.03 bits per heavy atom. The second-order valence-corrected chi connectivity index (χ2v) is 7.55. The molecule has 0 radical (unpaired) electrons. The molecular formula is C22H22N4O3. The lowest BCUT2D eigenvalue weighted by Crippen LogP contribution is -2.37. The third kappa shape index (κ3) is 4.06. The lowest BCUT2D eigenvalue weighted by atomic mass is 10.1. The number of carbonyl (C=O) groups is 2. The standard InChI is InChI=1S/C22H22N4O3/c1-15-2-4-18(5-3-15)26-13-17(11-21(26)27)22(28)25-9-7-19(14-25)29-20-10-16(12-23)6-8-24-20/h2-6,8,10,17,19H,7,9,11,13-14H2,1H3. The number of ether oxygens (including phenoxy) is 1. The van der Waals surface area contributed by atoms with Crippen molar-refractivity contribution in [2.24, 2.45) is 5.92 Å². The third-order valence-corrected chi connectivity index (χ3v) is 5.43. The van der Waals surface area contributed by atoms with Gasteiger partial charge in [0, 0.05) is 43.9 Å². The van der Waals surface area contributed by atoms with Gasteiger partial charge in [-0.15, -0.1) is 0 Å². The maximum atomic E-state index is 13.0. The molecule has 0 bridgehead atoms. The number of hydrogen-bond donors (Lipinski definition) is 0. The molecule has 2 atom stereocenters. The Labute approximate surface area is 169 Å². The van der Waals surface area contributed by atoms with Crippen molar-refractivity contribution in [1.29, 1.82) is 5.26 Å². The van der Waals surface area contributed by atoms with E-state index in [1.165, 1.54) is 6.20 Å². The monoisotopic (exact) mass is 390 g/mol. The first-order valence-corrected chi connectivity index (χ1v) is 9.72. The summed E-state index contributed by atoms with van der Waals surface area (Å²) in [7, 11) is 0. The van der Waals surface area contributed by atoms with E-state index in [1.807, 2.05) is 31.2 Å². The van der Waals surface area contributed by atoms with Crippen molar-refractivity contribution in [1.82, 2.24) is 9.88 Å². The SMILES string of the molecule is Cc1ccc(N2CC(C(=O)N3CCC(Oc4cc(C#N)ccn4)C3)CC2=O)cc1. The van der Waals surface area contributed by atoms with E-state index in [9.17, 15) is 9.59 Å². The average Bonchev–Trinajstić information content (AvgIpc) is 3.35. The molecule has 0 spiro atoms. The Morgan fingerprint density at radius 1 is 1.24 bits per heavy atom. The molecule has 2 aromatic rings. The average molecular weight is 390 g/mol. The van der Waals surface area contributed by atoms with Crippen LogP contribution >= 0.6 is 0 Å². The first kappa shape index (κ1) is 18.9. The van der Waals surface area contributed by atoms with Gasteiger partial charge >= 0.3 is 0 Å². The quantitative estimate of drug-likeness (QED) is 0.799. The Hall–Kier alpha value is -3.40. The van der Waals surface area contributed by atoms with Gasteiger partial charge in [0.25, 0.3) is 0 Å². The molecule has 148 valence electrons. The molecule has 1 aromatic heterocycles. The molecule has 2 fully saturated rings. The molecule has 1 aromatic carbocycles. The van der Waals surface area contributed by atoms with Crippen LogP contribution in [0.3, 0.4) is 0 Å². The summed E-state index contributed by atoms with van der Waals surface area (Å²) in [5.74, 6) is 0.0436. The number of rotatable bonds is 4. The van der Waals surface area contributed by atoms with Crippen molar-refractivity contribution in [3.05, 3.63) is 53.7 Å². The summed E-state index contributed by atoms with van der Waals surface area (Å²) in [6, 6.07) is 13.0. The number of pyridine rings is 1. The number of amides is 2. The molecule has 7 nitrogen and oxygen atoms in total. The van der Waals surface area contributed by atoms with E-state index in [-0.39, 0.29) is 30.3 Å². The fourth-order valence-electron chi connectivity index (χ4n) is 3.84. The van der Waals surface area contributed by atoms with Crippen molar-refractivity contribution >= 4 is 17.5 Å². The summed E-state index contributed by atoms with van der Waals surface area (Å²) in [5, 5.41) is 8.98. The van der Waals surface area contributed by atoms with Crippen LogP contribution in [-0.4, -0.2) is 47.4 Å². The van der Waals surface area contributed by atoms with E-state index in [0.29, 0.717) is 37.5 Å². The molecule has 2 saturated heterocycles. The number of aromatic nitrogens is 1. The maximum Gasteiger partial charge on any atom is 0.228 e. The summed E-state index contributed by atoms with van der Waals surface area (Å²) >= 11 is 0. The molecule has 0 N–H and O–H groups in total. The maximum absolute atomic E-state index is 13.0. The van der Waals surface area contributed by atoms with Crippen LogP contribution in [0.4, 0.5) is 5.69 Å². The van der Waals surface area contributed by atoms with Crippen molar-refractivity contribution in [3.63, 3.8) is 0 Å². The predicted octanol–water partition coefficient (Wildman–Crippen LogP) is 2.29. The van der Waals surface area contributed by atoms with Crippen molar-refractivity contribution in [3.8, 4) is 11.9 Å². The molecule has 4 rings (SSSR count). The van der Waals surface area contributed by atoms with E-state index >= 15 is 0 Å². The highest BCUT2D eigenvalue weighted by molar-refractivity contribution is 6.00. The highest BCUT2D eigenvalue weighted by Gasteiger charge is 2.39. The lowest BCUT2D eigenvalue weighted by molar-refractivity contribution is -0.135. The zero-order chi connectivity index (χ0) is 20.4. The normalized spacial score (nSPS) is 21.3. The number of nitrogens with zero attached hydrogens (tertiary/aromatic N) is 4. The number of nitriles is 1. The van der Waals surface area contributed by atoms with Crippen molar-refractivity contribution in [2.45, 2.75) is 25.9 Å². The molecule has 2 amide bonds. The highest BCUT2D eigenvalue weighted by Crippen LogP contribution is 2.28. The molecule has 3 heterocycles. The van der Waals surface area contributed by atoms with Gasteiger partial charge in [-0.05, 0) is 25.1 Å². The minimum Gasteiger partial charge on any atom is -0.472 e. The van der Waals surface area contributed by atoms with Crippen LogP contribution in [0.2, 0.25) is 0 Å². The molecule has 29 heavy (non-hydrogen) atoms. The number of carbonyl (C=O) groups excluding carboxylic acids is 2. The summed E-state index contributed by atoms with van der Waals surface area (Å²) in [5.41, 5.74) is 2.45. The van der Waals surface area contributed by atoms with Crippen LogP contribution in [0.1, 0.15) is 24.0 Å². The number of anilines is 1. The van der Waals surface area contributed by atoms with Gasteiger partial charge in [0.2, 0.25) is 17.7 Å². The van der Waals surface area contributed by atoms with E-state index in [2.05, 4.69) is 11.1 Å². The second-order valence-electron chi connectivity index (χ2n) is 7.55. The summed E-state index contributed by atoms with van der Waals surface area (Å²) in [6.45, 7) is 3.47. The van der Waals surface area contributed by atoms with E-state index in [0.717, 1.165) is 11.3 Å². The van der Waals surface area contributed by atoms with Gasteiger partial charge in [0.1, 0.15) is 6.10 Å². The van der Waals surface area contributed by atoms with Gasteiger partial charge in [-0.2, -0.15) is 5.26 Å². The molecule has 2 unspecified atom stereocenters. The lowest BCUT2D eigenvalue weighted by Gasteiger charge is -2.21. The number of benzene rings is 1. The predicted molar refractivity (Wildman–Crippen MR) is 106 cm³/mol. The third-order valence-electron chi connectivity index (χ3n) is 5.43. The van der Waals surface area contributed by atoms with Gasteiger partial charge < -0.3 is 14.5 Å². The molecule has 2 aliphatic rings. The summed E-state index contributed by atoms with van der Waals surface area (Å²) in [6.07, 6.45) is 2.31. The summed E-state index contributed by atoms with van der Waals surface area (Å²) in [4.78, 5) is 33.0. The molecule has 2 aliphatic heterocycles. The van der Waals surface area contributed by atoms with Crippen LogP contribution in [0.25, 0.3) is 0 Å². The number of likely N-dealkylation sites (tertiary alicyclic amines) is 1. The van der Waals surface area contributed by atoms with Gasteiger partial charge in [-0.1, -0.05) is 17.7 Å². The van der Waals surface area contributed by atoms with Crippen LogP contribution in [0, 0.1) is 24.2 Å². The van der Waals surface area contributed by atoms with Crippen molar-refractivity contribution < 1.29 is 14.3 Å². The molecule has 0 saturated carbocycles. The Balaban J connectivity index is 1.36. The zero-order valence-corrected chi connectivity index (χ0v) is 16.2. The zero-order valence-electron chi connectivity index (χ0n) is 16.2. The topological polar surface area (TPSA) is 86.5 Å². The largest absolute Gasteiger partial charge is 0.472 e. The van der Waals surface area contributed by atoms with E-state index < -0.39 is 0 Å². The van der Waals surface area contributed by atoms with Crippen molar-refractivity contribution in [2.75, 3.05) is 24.5 Å². The van der Waals surface area contributed by atoms with Gasteiger partial charge in [-0.25, -0.2) is 4.98 Å². The Bertz CT molecular complexity index is 967. The van der Waals surface area contributed by atoms with Crippen LogP contribution in [0.5, 0.6) is 5.88 Å². The first-order valence-electron chi connectivity index (χ1n) is 9.72. The molecular weight excluding hydrogens is 368 g/mol. The number of aryl methyl sites for hydroxylation is 1. The molecule has 0 aliphatic carbocycles. The first-order chi connectivity index (χ1) is 14.0. The van der Waals surface area contributed by atoms with Crippen LogP contribution in [0.15, 0.2) is 42.6 Å². The second kappa shape index (κ2) is 7.92. The minimum atomic E-state index is -0.331. The Kier molecular flexibility index (Phi) is 5.17.